The van der Waals surface area contributed by atoms with Gasteiger partial charge in [-0.3, -0.25) is 0 Å². The summed E-state index contributed by atoms with van der Waals surface area (Å²) in [6.07, 6.45) is 7.29. The minimum Gasteiger partial charge on any atom is -0.413 e. The van der Waals surface area contributed by atoms with Crippen molar-refractivity contribution >= 4 is 8.32 Å². The SMILES string of the molecule is C/C(=C\CCO)CC/C=C(\C)CO[Si](C)(C)C(C)(C)C. The van der Waals surface area contributed by atoms with Crippen molar-refractivity contribution in [3.63, 3.8) is 0 Å². The summed E-state index contributed by atoms with van der Waals surface area (Å²) in [5, 5.41) is 9.05. The van der Waals surface area contributed by atoms with Crippen molar-refractivity contribution in [2.75, 3.05) is 13.2 Å². The summed E-state index contributed by atoms with van der Waals surface area (Å²) in [7, 11) is -1.63. The second-order valence-electron chi connectivity index (χ2n) is 7.20. The van der Waals surface area contributed by atoms with Crippen LogP contribution in [0.5, 0.6) is 0 Å². The Hall–Kier alpha value is -0.383. The van der Waals surface area contributed by atoms with Gasteiger partial charge >= 0.3 is 0 Å². The van der Waals surface area contributed by atoms with Crippen LogP contribution in [-0.4, -0.2) is 26.6 Å². The van der Waals surface area contributed by atoms with Crippen molar-refractivity contribution in [1.29, 1.82) is 0 Å². The fourth-order valence-electron chi connectivity index (χ4n) is 1.53. The number of aliphatic hydroxyl groups excluding tert-OH is 1. The second kappa shape index (κ2) is 8.80. The Labute approximate surface area is 127 Å². The number of hydrogen-bond donors (Lipinski definition) is 1. The van der Waals surface area contributed by atoms with Crippen LogP contribution >= 0.6 is 0 Å². The molecule has 0 rings (SSSR count). The molecule has 118 valence electrons. The topological polar surface area (TPSA) is 29.5 Å². The molecule has 0 aromatic carbocycles. The van der Waals surface area contributed by atoms with Gasteiger partial charge in [0, 0.05) is 6.61 Å². The van der Waals surface area contributed by atoms with Crippen LogP contribution in [0.15, 0.2) is 23.3 Å². The summed E-state index contributed by atoms with van der Waals surface area (Å²) in [6, 6.07) is 0. The lowest BCUT2D eigenvalue weighted by Crippen LogP contribution is -2.41. The summed E-state index contributed by atoms with van der Waals surface area (Å²) < 4.78 is 6.20. The highest BCUT2D eigenvalue weighted by Crippen LogP contribution is 2.36. The van der Waals surface area contributed by atoms with E-state index in [1.807, 2.05) is 0 Å². The molecule has 20 heavy (non-hydrogen) atoms. The van der Waals surface area contributed by atoms with Crippen LogP contribution in [0.2, 0.25) is 18.1 Å². The van der Waals surface area contributed by atoms with E-state index in [-0.39, 0.29) is 11.6 Å². The van der Waals surface area contributed by atoms with E-state index in [1.54, 1.807) is 0 Å². The highest BCUT2D eigenvalue weighted by atomic mass is 28.4. The smallest absolute Gasteiger partial charge is 0.192 e. The van der Waals surface area contributed by atoms with Crippen molar-refractivity contribution < 1.29 is 9.53 Å². The van der Waals surface area contributed by atoms with E-state index < -0.39 is 8.32 Å². The first-order chi connectivity index (χ1) is 9.10. The van der Waals surface area contributed by atoms with Crippen LogP contribution in [0.25, 0.3) is 0 Å². The zero-order valence-corrected chi connectivity index (χ0v) is 15.5. The first-order valence-corrected chi connectivity index (χ1v) is 10.6. The molecule has 0 aliphatic rings. The van der Waals surface area contributed by atoms with Crippen molar-refractivity contribution in [2.24, 2.45) is 0 Å². The third kappa shape index (κ3) is 8.03. The predicted octanol–water partition coefficient (Wildman–Crippen LogP) is 5.06. The zero-order valence-electron chi connectivity index (χ0n) is 14.5. The van der Waals surface area contributed by atoms with E-state index in [4.69, 9.17) is 9.53 Å². The van der Waals surface area contributed by atoms with Crippen LogP contribution in [0.3, 0.4) is 0 Å². The summed E-state index contributed by atoms with van der Waals surface area (Å²) in [6.45, 7) is 16.7. The molecule has 0 fully saturated rings. The van der Waals surface area contributed by atoms with Gasteiger partial charge in [-0.25, -0.2) is 0 Å². The Morgan fingerprint density at radius 2 is 1.60 bits per heavy atom. The Balaban J connectivity index is 4.16. The van der Waals surface area contributed by atoms with E-state index >= 15 is 0 Å². The van der Waals surface area contributed by atoms with Gasteiger partial charge in [-0.1, -0.05) is 44.1 Å². The highest BCUT2D eigenvalue weighted by Gasteiger charge is 2.36. The van der Waals surface area contributed by atoms with Crippen molar-refractivity contribution in [3.8, 4) is 0 Å². The molecule has 2 nitrogen and oxygen atoms in total. The Morgan fingerprint density at radius 3 is 2.10 bits per heavy atom. The van der Waals surface area contributed by atoms with Gasteiger partial charge in [0.05, 0.1) is 6.61 Å². The normalized spacial score (nSPS) is 14.8. The van der Waals surface area contributed by atoms with Gasteiger partial charge in [0.25, 0.3) is 0 Å². The lowest BCUT2D eigenvalue weighted by atomic mass is 10.1. The molecule has 0 heterocycles. The molecule has 0 aromatic heterocycles. The molecule has 0 saturated heterocycles. The van der Waals surface area contributed by atoms with Crippen molar-refractivity contribution in [1.82, 2.24) is 0 Å². The van der Waals surface area contributed by atoms with E-state index in [0.29, 0.717) is 0 Å². The lowest BCUT2D eigenvalue weighted by molar-refractivity contribution is 0.302. The van der Waals surface area contributed by atoms with Gasteiger partial charge in [-0.05, 0) is 51.2 Å². The van der Waals surface area contributed by atoms with Crippen LogP contribution in [-0.2, 0) is 4.43 Å². The van der Waals surface area contributed by atoms with E-state index in [9.17, 15) is 0 Å². The molecule has 0 saturated carbocycles. The second-order valence-corrected chi connectivity index (χ2v) is 12.0. The van der Waals surface area contributed by atoms with Crippen molar-refractivity contribution in [3.05, 3.63) is 23.3 Å². The Kier molecular flexibility index (Phi) is 8.64. The zero-order chi connectivity index (χ0) is 15.8. The molecular formula is C17H34O2Si. The molecule has 0 atom stereocenters. The lowest BCUT2D eigenvalue weighted by Gasteiger charge is -2.36. The van der Waals surface area contributed by atoms with Crippen molar-refractivity contribution in [2.45, 2.75) is 72.0 Å². The molecule has 0 bridgehead atoms. The maximum Gasteiger partial charge on any atom is 0.192 e. The van der Waals surface area contributed by atoms with E-state index in [2.05, 4.69) is 59.9 Å². The molecule has 0 radical (unpaired) electrons. The van der Waals surface area contributed by atoms with E-state index in [1.165, 1.54) is 11.1 Å². The average molecular weight is 299 g/mol. The molecule has 0 aromatic rings. The molecule has 1 N–H and O–H groups in total. The van der Waals surface area contributed by atoms with Crippen LogP contribution in [0.1, 0.15) is 53.9 Å². The van der Waals surface area contributed by atoms with Gasteiger partial charge in [-0.2, -0.15) is 0 Å². The third-order valence-corrected chi connectivity index (χ3v) is 8.60. The highest BCUT2D eigenvalue weighted by molar-refractivity contribution is 6.74. The number of allylic oxidation sites excluding steroid dienone is 2. The quantitative estimate of drug-likeness (QED) is 0.501. The van der Waals surface area contributed by atoms with E-state index in [0.717, 1.165) is 25.9 Å². The summed E-state index contributed by atoms with van der Waals surface area (Å²) in [4.78, 5) is 0. The first kappa shape index (κ1) is 19.6. The first-order valence-electron chi connectivity index (χ1n) is 7.66. The molecular weight excluding hydrogens is 264 g/mol. The minimum atomic E-state index is -1.63. The standard InChI is InChI=1S/C17H34O2Si/c1-15(12-9-13-18)10-8-11-16(2)14-19-20(6,7)17(3,4)5/h11-12,18H,8-10,13-14H2,1-7H3/b15-12+,16-11+. The molecule has 0 spiro atoms. The van der Waals surface area contributed by atoms with Crippen LogP contribution < -0.4 is 0 Å². The molecule has 3 heteroatoms. The molecule has 0 aliphatic heterocycles. The maximum atomic E-state index is 8.77. The van der Waals surface area contributed by atoms with Gasteiger partial charge in [0.2, 0.25) is 0 Å². The maximum absolute atomic E-state index is 8.77. The van der Waals surface area contributed by atoms with Crippen LogP contribution in [0, 0.1) is 0 Å². The molecule has 0 aliphatic carbocycles. The minimum absolute atomic E-state index is 0.243. The number of aliphatic hydroxyl groups is 1. The van der Waals surface area contributed by atoms with Gasteiger partial charge in [0.1, 0.15) is 0 Å². The fourth-order valence-corrected chi connectivity index (χ4v) is 2.55. The molecule has 0 unspecified atom stereocenters. The molecule has 0 amide bonds. The Bertz CT molecular complexity index is 335. The predicted molar refractivity (Wildman–Crippen MR) is 91.6 cm³/mol. The number of rotatable bonds is 8. The van der Waals surface area contributed by atoms with Crippen LogP contribution in [0.4, 0.5) is 0 Å². The summed E-state index contributed by atoms with van der Waals surface area (Å²) >= 11 is 0. The average Bonchev–Trinajstić information content (AvgIpc) is 2.32. The largest absolute Gasteiger partial charge is 0.413 e. The van der Waals surface area contributed by atoms with Gasteiger partial charge in [0.15, 0.2) is 8.32 Å². The van der Waals surface area contributed by atoms with Gasteiger partial charge in [-0.15, -0.1) is 0 Å². The van der Waals surface area contributed by atoms with Gasteiger partial charge < -0.3 is 9.53 Å². The summed E-state index contributed by atoms with van der Waals surface area (Å²) in [5.74, 6) is 0. The number of hydrogen-bond acceptors (Lipinski definition) is 2. The Morgan fingerprint density at radius 1 is 1.05 bits per heavy atom. The fraction of sp³-hybridized carbons (Fsp3) is 0.765. The monoisotopic (exact) mass is 298 g/mol. The summed E-state index contributed by atoms with van der Waals surface area (Å²) in [5.41, 5.74) is 2.68. The third-order valence-electron chi connectivity index (χ3n) is 4.12.